The van der Waals surface area contributed by atoms with Gasteiger partial charge in [-0.05, 0) is 33.5 Å². The molecule has 0 bridgehead atoms. The summed E-state index contributed by atoms with van der Waals surface area (Å²) >= 11 is 1.54. The van der Waals surface area contributed by atoms with Crippen molar-refractivity contribution in [1.29, 1.82) is 0 Å². The molecule has 2 aliphatic heterocycles. The van der Waals surface area contributed by atoms with Gasteiger partial charge in [0.1, 0.15) is 5.70 Å². The molecule has 0 aromatic rings. The Morgan fingerprint density at radius 1 is 1.59 bits per heavy atom. The molecular weight excluding hydrogens is 240 g/mol. The molecule has 6 heteroatoms. The normalized spacial score (nSPS) is 23.1. The Balaban J connectivity index is 2.04. The van der Waals surface area contributed by atoms with Gasteiger partial charge in [-0.1, -0.05) is 0 Å². The summed E-state index contributed by atoms with van der Waals surface area (Å²) in [6, 6.07) is 0. The number of allylic oxidation sites excluding steroid dienone is 1. The number of carbonyl (C=O) groups excluding carboxylic acids is 1. The Morgan fingerprint density at radius 2 is 2.29 bits per heavy atom. The first-order valence-electron chi connectivity index (χ1n) is 5.60. The highest BCUT2D eigenvalue weighted by Gasteiger charge is 2.47. The van der Waals surface area contributed by atoms with E-state index in [4.69, 9.17) is 5.11 Å². The molecule has 1 N–H and O–H groups in total. The Hall–Kier alpha value is -1.01. The fraction of sp³-hybridized carbons (Fsp3) is 0.636. The molecule has 0 saturated carbocycles. The molecule has 0 spiro atoms. The third kappa shape index (κ3) is 2.32. The fourth-order valence-corrected chi connectivity index (χ4v) is 3.50. The second kappa shape index (κ2) is 4.70. The smallest absolute Gasteiger partial charge is 0.353 e. The second-order valence-electron chi connectivity index (χ2n) is 4.52. The van der Waals surface area contributed by atoms with Crippen LogP contribution in [-0.2, 0) is 9.59 Å². The molecule has 0 radical (unpaired) electrons. The second-order valence-corrected chi connectivity index (χ2v) is 5.80. The highest BCUT2D eigenvalue weighted by Crippen LogP contribution is 2.47. The van der Waals surface area contributed by atoms with Crippen LogP contribution in [0.2, 0.25) is 0 Å². The van der Waals surface area contributed by atoms with Gasteiger partial charge < -0.3 is 10.0 Å². The van der Waals surface area contributed by atoms with Gasteiger partial charge in [0.05, 0.1) is 11.8 Å². The summed E-state index contributed by atoms with van der Waals surface area (Å²) in [6.45, 7) is 0.926. The maximum absolute atomic E-state index is 11.4. The molecule has 0 aromatic carbocycles. The summed E-state index contributed by atoms with van der Waals surface area (Å²) in [5.74, 6) is -1.05. The monoisotopic (exact) mass is 256 g/mol. The van der Waals surface area contributed by atoms with Crippen LogP contribution in [0.3, 0.4) is 0 Å². The van der Waals surface area contributed by atoms with Crippen LogP contribution in [0, 0.1) is 0 Å². The van der Waals surface area contributed by atoms with E-state index in [1.165, 1.54) is 16.7 Å². The maximum atomic E-state index is 11.4. The van der Waals surface area contributed by atoms with Crippen molar-refractivity contribution < 1.29 is 14.7 Å². The van der Waals surface area contributed by atoms with Gasteiger partial charge in [-0.25, -0.2) is 4.79 Å². The fourth-order valence-electron chi connectivity index (χ4n) is 2.06. The van der Waals surface area contributed by atoms with Crippen molar-refractivity contribution in [3.05, 3.63) is 10.6 Å². The van der Waals surface area contributed by atoms with E-state index in [2.05, 4.69) is 4.90 Å². The molecule has 5 nitrogen and oxygen atoms in total. The molecule has 0 unspecified atom stereocenters. The molecule has 1 atom stereocenters. The maximum Gasteiger partial charge on any atom is 0.353 e. The van der Waals surface area contributed by atoms with Gasteiger partial charge in [0.15, 0.2) is 0 Å². The van der Waals surface area contributed by atoms with Gasteiger partial charge in [0, 0.05) is 4.91 Å². The SMILES string of the molecule is CN(C)CCCC1=C(C(=O)O)N2C(=O)C[C@H]2S1. The van der Waals surface area contributed by atoms with Crippen molar-refractivity contribution in [1.82, 2.24) is 9.80 Å². The van der Waals surface area contributed by atoms with Crippen LogP contribution in [0.15, 0.2) is 10.6 Å². The summed E-state index contributed by atoms with van der Waals surface area (Å²) in [6.07, 6.45) is 2.13. The highest BCUT2D eigenvalue weighted by atomic mass is 32.2. The van der Waals surface area contributed by atoms with Crippen molar-refractivity contribution in [3.63, 3.8) is 0 Å². The predicted molar refractivity (Wildman–Crippen MR) is 65.3 cm³/mol. The van der Waals surface area contributed by atoms with Crippen LogP contribution >= 0.6 is 11.8 Å². The van der Waals surface area contributed by atoms with Crippen LogP contribution < -0.4 is 0 Å². The average Bonchev–Trinajstić information content (AvgIpc) is 2.50. The van der Waals surface area contributed by atoms with Gasteiger partial charge in [0.25, 0.3) is 0 Å². The number of rotatable bonds is 5. The lowest BCUT2D eigenvalue weighted by Crippen LogP contribution is -2.48. The highest BCUT2D eigenvalue weighted by molar-refractivity contribution is 8.04. The van der Waals surface area contributed by atoms with Crippen LogP contribution in [0.25, 0.3) is 0 Å². The van der Waals surface area contributed by atoms with E-state index in [1.54, 1.807) is 0 Å². The van der Waals surface area contributed by atoms with Gasteiger partial charge >= 0.3 is 5.97 Å². The zero-order valence-corrected chi connectivity index (χ0v) is 10.8. The number of β-lactam (4-membered cyclic amide) rings is 1. The standard InChI is InChI=1S/C11H16N2O3S/c1-12(2)5-3-4-7-10(11(15)16)13-8(14)6-9(13)17-7/h9H,3-6H2,1-2H3,(H,15,16)/t9-/m1/s1. The first-order chi connectivity index (χ1) is 8.00. The van der Waals surface area contributed by atoms with Crippen molar-refractivity contribution in [2.45, 2.75) is 24.6 Å². The number of aliphatic carboxylic acids is 1. The minimum atomic E-state index is -0.979. The quantitative estimate of drug-likeness (QED) is 0.741. The van der Waals surface area contributed by atoms with E-state index in [9.17, 15) is 9.59 Å². The van der Waals surface area contributed by atoms with Gasteiger partial charge in [-0.3, -0.25) is 9.69 Å². The van der Waals surface area contributed by atoms with E-state index >= 15 is 0 Å². The topological polar surface area (TPSA) is 60.9 Å². The van der Waals surface area contributed by atoms with Crippen molar-refractivity contribution in [2.24, 2.45) is 0 Å². The number of carboxylic acids is 1. The number of carbonyl (C=O) groups is 2. The average molecular weight is 256 g/mol. The Bertz CT molecular complexity index is 392. The number of carboxylic acid groups (broad SMARTS) is 1. The van der Waals surface area contributed by atoms with Crippen molar-refractivity contribution >= 4 is 23.6 Å². The molecule has 2 rings (SSSR count). The predicted octanol–water partition coefficient (Wildman–Crippen LogP) is 0.930. The number of fused-ring (bicyclic) bond motifs is 1. The molecule has 0 aromatic heterocycles. The molecule has 94 valence electrons. The number of amides is 1. The summed E-state index contributed by atoms with van der Waals surface area (Å²) < 4.78 is 0. The van der Waals surface area contributed by atoms with Crippen molar-refractivity contribution in [3.8, 4) is 0 Å². The lowest BCUT2D eigenvalue weighted by atomic mass is 10.1. The van der Waals surface area contributed by atoms with Gasteiger partial charge in [-0.15, -0.1) is 11.8 Å². The van der Waals surface area contributed by atoms with Crippen LogP contribution in [0.4, 0.5) is 0 Å². The van der Waals surface area contributed by atoms with E-state index < -0.39 is 5.97 Å². The molecule has 2 heterocycles. The molecule has 1 saturated heterocycles. The minimum absolute atomic E-state index is 0.0444. The van der Waals surface area contributed by atoms with Crippen molar-refractivity contribution in [2.75, 3.05) is 20.6 Å². The number of thioether (sulfide) groups is 1. The lowest BCUT2D eigenvalue weighted by Gasteiger charge is -2.33. The molecule has 1 amide bonds. The van der Waals surface area contributed by atoms with E-state index in [1.807, 2.05) is 14.1 Å². The third-order valence-corrected chi connectivity index (χ3v) is 4.23. The first-order valence-corrected chi connectivity index (χ1v) is 6.48. The van der Waals surface area contributed by atoms with Gasteiger partial charge in [0.2, 0.25) is 5.91 Å². The summed E-state index contributed by atoms with van der Waals surface area (Å²) in [5.41, 5.74) is 0.218. The zero-order chi connectivity index (χ0) is 12.6. The minimum Gasteiger partial charge on any atom is -0.477 e. The number of hydrogen-bond acceptors (Lipinski definition) is 4. The summed E-state index contributed by atoms with van der Waals surface area (Å²) in [4.78, 5) is 26.9. The van der Waals surface area contributed by atoms with Gasteiger partial charge in [-0.2, -0.15) is 0 Å². The first kappa shape index (κ1) is 12.4. The third-order valence-electron chi connectivity index (χ3n) is 2.90. The summed E-state index contributed by atoms with van der Waals surface area (Å²) in [5, 5.41) is 9.20. The van der Waals surface area contributed by atoms with Crippen LogP contribution in [0.5, 0.6) is 0 Å². The van der Waals surface area contributed by atoms with E-state index in [-0.39, 0.29) is 17.0 Å². The Morgan fingerprint density at radius 3 is 2.82 bits per heavy atom. The lowest BCUT2D eigenvalue weighted by molar-refractivity contribution is -0.145. The molecule has 0 aliphatic carbocycles. The Kier molecular flexibility index (Phi) is 3.44. The number of hydrogen-bond donors (Lipinski definition) is 1. The largest absolute Gasteiger partial charge is 0.477 e. The van der Waals surface area contributed by atoms with E-state index in [0.717, 1.165) is 24.3 Å². The molecule has 2 aliphatic rings. The Labute approximate surface area is 104 Å². The molecule has 17 heavy (non-hydrogen) atoms. The van der Waals surface area contributed by atoms with Crippen LogP contribution in [0.1, 0.15) is 19.3 Å². The zero-order valence-electron chi connectivity index (χ0n) is 9.97. The number of nitrogens with zero attached hydrogens (tertiary/aromatic N) is 2. The molecule has 1 fully saturated rings. The van der Waals surface area contributed by atoms with Crippen LogP contribution in [-0.4, -0.2) is 52.8 Å². The molecular formula is C11H16N2O3S. The van der Waals surface area contributed by atoms with E-state index in [0.29, 0.717) is 6.42 Å². The summed E-state index contributed by atoms with van der Waals surface area (Å²) in [7, 11) is 3.98.